The maximum Gasteiger partial charge on any atom is 0.341 e. The summed E-state index contributed by atoms with van der Waals surface area (Å²) in [4.78, 5) is 16.6. The Kier molecular flexibility index (Phi) is 7.07. The number of esters is 1. The fourth-order valence-electron chi connectivity index (χ4n) is 4.16. The lowest BCUT2D eigenvalue weighted by Crippen LogP contribution is -2.21. The molecule has 1 aliphatic rings. The van der Waals surface area contributed by atoms with Crippen molar-refractivity contribution in [3.8, 4) is 5.75 Å². The minimum atomic E-state index is -0.999. The quantitative estimate of drug-likeness (QED) is 0.195. The van der Waals surface area contributed by atoms with Crippen molar-refractivity contribution in [3.05, 3.63) is 76.8 Å². The van der Waals surface area contributed by atoms with Gasteiger partial charge in [-0.25, -0.2) is 13.6 Å². The van der Waals surface area contributed by atoms with Crippen LogP contribution in [-0.4, -0.2) is 40.7 Å². The molecule has 34 heavy (non-hydrogen) atoms. The number of pyridine rings is 1. The highest BCUT2D eigenvalue weighted by molar-refractivity contribution is 6.05. The van der Waals surface area contributed by atoms with Crippen LogP contribution >= 0.6 is 0 Å². The summed E-state index contributed by atoms with van der Waals surface area (Å²) in [5.74, 6) is -1.38. The number of carbonyl (C=O) groups excluding carboxylic acids is 1. The first-order chi connectivity index (χ1) is 16.3. The van der Waals surface area contributed by atoms with E-state index in [1.807, 2.05) is 6.08 Å². The van der Waals surface area contributed by atoms with Crippen LogP contribution in [0.1, 0.15) is 47.2 Å². The number of allylic oxidation sites excluding steroid dienone is 1. The first kappa shape index (κ1) is 23.6. The highest BCUT2D eigenvalue weighted by Gasteiger charge is 2.21. The van der Waals surface area contributed by atoms with Gasteiger partial charge >= 0.3 is 5.97 Å². The Morgan fingerprint density at radius 1 is 1.26 bits per heavy atom. The van der Waals surface area contributed by atoms with Crippen molar-refractivity contribution in [2.75, 3.05) is 12.4 Å². The number of nitrogens with zero attached hydrogens (tertiary/aromatic N) is 1. The Labute approximate surface area is 195 Å². The topological polar surface area (TPSA) is 91.7 Å². The van der Waals surface area contributed by atoms with Gasteiger partial charge in [0.1, 0.15) is 29.3 Å². The highest BCUT2D eigenvalue weighted by atomic mass is 19.1. The average Bonchev–Trinajstić information content (AvgIpc) is 2.83. The van der Waals surface area contributed by atoms with E-state index in [2.05, 4.69) is 10.3 Å². The molecule has 0 amide bonds. The van der Waals surface area contributed by atoms with E-state index in [0.717, 1.165) is 16.7 Å². The molecule has 1 aliphatic carbocycles. The lowest BCUT2D eigenvalue weighted by atomic mass is 9.95. The number of hydrogen-bond donors (Lipinski definition) is 3. The third-order valence-electron chi connectivity index (χ3n) is 5.95. The van der Waals surface area contributed by atoms with Gasteiger partial charge in [0, 0.05) is 23.7 Å². The van der Waals surface area contributed by atoms with Crippen LogP contribution in [0.25, 0.3) is 10.9 Å². The molecule has 2 aromatic carbocycles. The van der Waals surface area contributed by atoms with E-state index in [1.54, 1.807) is 24.4 Å². The van der Waals surface area contributed by atoms with Crippen LogP contribution in [0.4, 0.5) is 14.5 Å². The summed E-state index contributed by atoms with van der Waals surface area (Å²) in [6.45, 7) is 0. The molecule has 0 saturated heterocycles. The normalized spacial score (nSPS) is 16.7. The van der Waals surface area contributed by atoms with Crippen molar-refractivity contribution in [3.63, 3.8) is 0 Å². The number of ether oxygens (including phenoxy) is 1. The van der Waals surface area contributed by atoms with E-state index < -0.39 is 18.4 Å². The standard InChI is InChI=1S/C26H26F2N2O4/c1-34-26(33)21-13-22(30-23(31)12-16-4-8-19(28)9-5-16)20-11-17(14-29-24(20)25(21)32)10-15-2-6-18(27)7-3-15/h2-4,6-7,11,13-14,19,23,30-32H,5,8-10,12H2,1H3. The van der Waals surface area contributed by atoms with Crippen molar-refractivity contribution < 1.29 is 28.5 Å². The number of alkyl halides is 1. The number of benzene rings is 2. The molecule has 0 spiro atoms. The summed E-state index contributed by atoms with van der Waals surface area (Å²) >= 11 is 0. The van der Waals surface area contributed by atoms with Crippen molar-refractivity contribution in [2.24, 2.45) is 0 Å². The first-order valence-electron chi connectivity index (χ1n) is 11.1. The van der Waals surface area contributed by atoms with Crippen molar-refractivity contribution in [1.82, 2.24) is 4.98 Å². The molecule has 6 nitrogen and oxygen atoms in total. The van der Waals surface area contributed by atoms with Crippen LogP contribution < -0.4 is 5.32 Å². The van der Waals surface area contributed by atoms with Crippen molar-refractivity contribution >= 4 is 22.6 Å². The molecule has 0 aliphatic heterocycles. The lowest BCUT2D eigenvalue weighted by Gasteiger charge is -2.21. The zero-order chi connectivity index (χ0) is 24.2. The number of phenols is 1. The molecule has 2 unspecified atom stereocenters. The molecule has 1 aromatic heterocycles. The number of aromatic nitrogens is 1. The number of fused-ring (bicyclic) bond motifs is 1. The van der Waals surface area contributed by atoms with Gasteiger partial charge in [-0.1, -0.05) is 23.8 Å². The van der Waals surface area contributed by atoms with Gasteiger partial charge < -0.3 is 20.3 Å². The van der Waals surface area contributed by atoms with Crippen LogP contribution in [0.15, 0.2) is 54.2 Å². The van der Waals surface area contributed by atoms with Crippen molar-refractivity contribution in [2.45, 2.75) is 44.5 Å². The monoisotopic (exact) mass is 468 g/mol. The number of methoxy groups -OCH3 is 1. The van der Waals surface area contributed by atoms with E-state index in [4.69, 9.17) is 4.74 Å². The predicted molar refractivity (Wildman–Crippen MR) is 125 cm³/mol. The molecule has 2 atom stereocenters. The predicted octanol–water partition coefficient (Wildman–Crippen LogP) is 5.03. The molecule has 0 saturated carbocycles. The molecule has 0 bridgehead atoms. The Morgan fingerprint density at radius 3 is 2.71 bits per heavy atom. The van der Waals surface area contributed by atoms with Gasteiger partial charge in [-0.3, -0.25) is 4.98 Å². The molecule has 8 heteroatoms. The molecule has 0 fully saturated rings. The number of hydrogen-bond acceptors (Lipinski definition) is 6. The molecule has 3 aromatic rings. The van der Waals surface area contributed by atoms with Crippen LogP contribution in [0.2, 0.25) is 0 Å². The average molecular weight is 469 g/mol. The fourth-order valence-corrected chi connectivity index (χ4v) is 4.16. The van der Waals surface area contributed by atoms with E-state index in [1.165, 1.54) is 25.3 Å². The summed E-state index contributed by atoms with van der Waals surface area (Å²) < 4.78 is 31.4. The zero-order valence-electron chi connectivity index (χ0n) is 18.7. The Hall–Kier alpha value is -3.52. The Bertz CT molecular complexity index is 1230. The van der Waals surface area contributed by atoms with E-state index in [9.17, 15) is 23.8 Å². The van der Waals surface area contributed by atoms with Crippen LogP contribution in [0.5, 0.6) is 5.75 Å². The number of carbonyl (C=O) groups is 1. The number of aliphatic hydroxyl groups excluding tert-OH is 1. The second-order valence-electron chi connectivity index (χ2n) is 8.45. The second kappa shape index (κ2) is 10.2. The van der Waals surface area contributed by atoms with Gasteiger partial charge in [0.05, 0.1) is 7.11 Å². The number of aromatic hydroxyl groups is 1. The SMILES string of the molecule is COC(=O)c1cc(NC(O)CC2=CCC(F)CC2)c2cc(Cc3ccc(F)cc3)cnc2c1O. The first-order valence-corrected chi connectivity index (χ1v) is 11.1. The molecular weight excluding hydrogens is 442 g/mol. The molecule has 178 valence electrons. The van der Waals surface area contributed by atoms with Gasteiger partial charge in [0.25, 0.3) is 0 Å². The van der Waals surface area contributed by atoms with E-state index in [0.29, 0.717) is 43.2 Å². The third kappa shape index (κ3) is 5.34. The third-order valence-corrected chi connectivity index (χ3v) is 5.95. The van der Waals surface area contributed by atoms with Gasteiger partial charge in [-0.15, -0.1) is 0 Å². The number of phenolic OH excluding ortho intramolecular Hbond substituents is 1. The molecule has 1 heterocycles. The largest absolute Gasteiger partial charge is 0.505 e. The van der Waals surface area contributed by atoms with Gasteiger partial charge in [-0.05, 0) is 61.1 Å². The van der Waals surface area contributed by atoms with Crippen LogP contribution in [-0.2, 0) is 11.2 Å². The Morgan fingerprint density at radius 2 is 2.03 bits per heavy atom. The van der Waals surface area contributed by atoms with Gasteiger partial charge in [0.15, 0.2) is 5.75 Å². The molecule has 3 N–H and O–H groups in total. The molecule has 0 radical (unpaired) electrons. The smallest absolute Gasteiger partial charge is 0.341 e. The Balaban J connectivity index is 1.68. The van der Waals surface area contributed by atoms with Crippen LogP contribution in [0.3, 0.4) is 0 Å². The number of halogens is 2. The highest BCUT2D eigenvalue weighted by Crippen LogP contribution is 2.35. The van der Waals surface area contributed by atoms with E-state index in [-0.39, 0.29) is 22.6 Å². The summed E-state index contributed by atoms with van der Waals surface area (Å²) in [6.07, 6.45) is 3.67. The maximum atomic E-state index is 13.4. The lowest BCUT2D eigenvalue weighted by molar-refractivity contribution is 0.0597. The van der Waals surface area contributed by atoms with Crippen molar-refractivity contribution in [1.29, 1.82) is 0 Å². The number of aliphatic hydroxyl groups is 1. The maximum absolute atomic E-state index is 13.4. The number of rotatable bonds is 7. The fraction of sp³-hybridized carbons (Fsp3) is 0.308. The molecule has 4 rings (SSSR count). The van der Waals surface area contributed by atoms with Gasteiger partial charge in [-0.2, -0.15) is 0 Å². The van der Waals surface area contributed by atoms with Gasteiger partial charge in [0.2, 0.25) is 0 Å². The van der Waals surface area contributed by atoms with E-state index >= 15 is 0 Å². The molecular formula is C26H26F2N2O4. The summed E-state index contributed by atoms with van der Waals surface area (Å²) in [5.41, 5.74) is 3.13. The van der Waals surface area contributed by atoms with Crippen LogP contribution in [0, 0.1) is 5.82 Å². The number of nitrogens with one attached hydrogen (secondary N) is 1. The second-order valence-corrected chi connectivity index (χ2v) is 8.45. The number of anilines is 1. The minimum absolute atomic E-state index is 0.0827. The minimum Gasteiger partial charge on any atom is -0.505 e. The summed E-state index contributed by atoms with van der Waals surface area (Å²) in [5, 5.41) is 24.9. The zero-order valence-corrected chi connectivity index (χ0v) is 18.7. The summed E-state index contributed by atoms with van der Waals surface area (Å²) in [7, 11) is 1.21. The summed E-state index contributed by atoms with van der Waals surface area (Å²) in [6, 6.07) is 9.34.